The first-order valence-corrected chi connectivity index (χ1v) is 16.8. The molecule has 2 aromatic carbocycles. The highest BCUT2D eigenvalue weighted by Crippen LogP contribution is 2.42. The van der Waals surface area contributed by atoms with Crippen molar-refractivity contribution in [3.05, 3.63) is 40.1 Å². The number of phenolic OH excluding ortho intramolecular Hbond substituents is 4. The molecule has 0 radical (unpaired) electrons. The first-order chi connectivity index (χ1) is 25.1. The summed E-state index contributed by atoms with van der Waals surface area (Å²) in [7, 11) is 0. The number of aliphatic hydroxyl groups excluding tert-OH is 6. The van der Waals surface area contributed by atoms with Crippen molar-refractivity contribution in [1.29, 1.82) is 0 Å². The van der Waals surface area contributed by atoms with Gasteiger partial charge in [0.1, 0.15) is 65.2 Å². The lowest BCUT2D eigenvalue weighted by atomic mass is 9.98. The highest BCUT2D eigenvalue weighted by molar-refractivity contribution is 5.89. The lowest BCUT2D eigenvalue weighted by molar-refractivity contribution is -0.318. The zero-order valence-electron chi connectivity index (χ0n) is 28.3. The molecule has 2 aliphatic heterocycles. The number of fused-ring (bicyclic) bond motifs is 1. The molecule has 2 saturated heterocycles. The van der Waals surface area contributed by atoms with Gasteiger partial charge in [0.25, 0.3) is 0 Å². The molecule has 19 nitrogen and oxygen atoms in total. The number of aliphatic hydroxyl groups is 6. The maximum Gasteiger partial charge on any atom is 0.303 e. The fourth-order valence-electron chi connectivity index (χ4n) is 6.09. The Hall–Kier alpha value is -4.28. The fraction of sp³-hybridized carbons (Fsp3) is 0.529. The number of nitrogens with one attached hydrogen (secondary N) is 1. The van der Waals surface area contributed by atoms with Crippen LogP contribution >= 0.6 is 0 Å². The molecule has 19 heteroatoms. The smallest absolute Gasteiger partial charge is 0.303 e. The number of aliphatic carboxylic acids is 1. The van der Waals surface area contributed by atoms with Crippen LogP contribution in [0.15, 0.2) is 33.5 Å². The standard InChI is InChI=1S/C34H43NO18/c1-13-23(41)27(45)29(47)33(50-13)49-12-20-25(43)28(46)30(48)34(52-20)53-32-26(44)22-18(38)9-14(36)10-19(22)51-31(32)15-6-7-17(37)24(42)16(15)11-35-8-4-2-3-5-21(39)40/h6-7,9-10,13,20,23,25,27-30,33-38,41-43,45-48H,2-5,8,11-12H2,1H3,(H,39,40)/t13-,20+,23-,25+,27+,28-,29+,30+,33+,34-/m0/s1. The summed E-state index contributed by atoms with van der Waals surface area (Å²) in [5, 5.41) is 116. The van der Waals surface area contributed by atoms with Crippen molar-refractivity contribution in [3.63, 3.8) is 0 Å². The highest BCUT2D eigenvalue weighted by Gasteiger charge is 2.48. The Balaban J connectivity index is 1.48. The van der Waals surface area contributed by atoms with Crippen LogP contribution in [-0.2, 0) is 25.5 Å². The molecule has 2 aliphatic rings. The van der Waals surface area contributed by atoms with Gasteiger partial charge >= 0.3 is 5.97 Å². The molecule has 0 amide bonds. The molecule has 0 spiro atoms. The molecule has 3 aromatic rings. The van der Waals surface area contributed by atoms with E-state index in [9.17, 15) is 60.7 Å². The summed E-state index contributed by atoms with van der Waals surface area (Å²) in [6.45, 7) is 0.999. The third kappa shape index (κ3) is 8.60. The predicted molar refractivity (Wildman–Crippen MR) is 178 cm³/mol. The molecular weight excluding hydrogens is 710 g/mol. The number of unbranched alkanes of at least 4 members (excludes halogenated alkanes) is 2. The quantitative estimate of drug-likeness (QED) is 0.0697. The zero-order chi connectivity index (χ0) is 38.7. The maximum absolute atomic E-state index is 14.0. The third-order valence-corrected chi connectivity index (χ3v) is 9.11. The van der Waals surface area contributed by atoms with Crippen LogP contribution < -0.4 is 15.5 Å². The van der Waals surface area contributed by atoms with Gasteiger partial charge in [0.05, 0.1) is 12.7 Å². The van der Waals surface area contributed by atoms with Gasteiger partial charge in [0.15, 0.2) is 23.5 Å². The van der Waals surface area contributed by atoms with Gasteiger partial charge < -0.3 is 84.9 Å². The Kier molecular flexibility index (Phi) is 12.7. The van der Waals surface area contributed by atoms with Gasteiger partial charge in [0.2, 0.25) is 17.5 Å². The van der Waals surface area contributed by atoms with Crippen molar-refractivity contribution in [1.82, 2.24) is 5.32 Å². The van der Waals surface area contributed by atoms with Crippen LogP contribution in [0.5, 0.6) is 28.7 Å². The Morgan fingerprint density at radius 2 is 1.53 bits per heavy atom. The minimum atomic E-state index is -2.03. The molecule has 53 heavy (non-hydrogen) atoms. The summed E-state index contributed by atoms with van der Waals surface area (Å²) in [5.74, 6) is -4.45. The van der Waals surface area contributed by atoms with Gasteiger partial charge in [-0.15, -0.1) is 0 Å². The molecule has 2 fully saturated rings. The van der Waals surface area contributed by atoms with Crippen molar-refractivity contribution in [2.24, 2.45) is 0 Å². The molecule has 5 rings (SSSR count). The Morgan fingerprint density at radius 3 is 2.25 bits per heavy atom. The van der Waals surface area contributed by atoms with Crippen LogP contribution in [-0.4, -0.2) is 137 Å². The van der Waals surface area contributed by atoms with E-state index in [1.165, 1.54) is 13.0 Å². The van der Waals surface area contributed by atoms with E-state index in [1.807, 2.05) is 0 Å². The number of benzene rings is 2. The molecule has 0 bridgehead atoms. The van der Waals surface area contributed by atoms with E-state index in [2.05, 4.69) is 5.32 Å². The van der Waals surface area contributed by atoms with Crippen LogP contribution in [0, 0.1) is 0 Å². The minimum Gasteiger partial charge on any atom is -0.508 e. The predicted octanol–water partition coefficient (Wildman–Crippen LogP) is -0.953. The van der Waals surface area contributed by atoms with E-state index >= 15 is 0 Å². The second kappa shape index (κ2) is 16.8. The van der Waals surface area contributed by atoms with Crippen molar-refractivity contribution in [3.8, 4) is 40.1 Å². The van der Waals surface area contributed by atoms with Crippen LogP contribution in [0.3, 0.4) is 0 Å². The number of hydrogen-bond acceptors (Lipinski definition) is 18. The van der Waals surface area contributed by atoms with Crippen molar-refractivity contribution in [2.75, 3.05) is 13.2 Å². The summed E-state index contributed by atoms with van der Waals surface area (Å²) in [6.07, 6.45) is -15.0. The Bertz CT molecular complexity index is 1820. The number of rotatable bonds is 14. The van der Waals surface area contributed by atoms with E-state index in [1.54, 1.807) is 0 Å². The third-order valence-electron chi connectivity index (χ3n) is 9.11. The molecule has 3 heterocycles. The van der Waals surface area contributed by atoms with Crippen molar-refractivity contribution < 1.29 is 84.3 Å². The monoisotopic (exact) mass is 753 g/mol. The van der Waals surface area contributed by atoms with E-state index in [4.69, 9.17) is 28.5 Å². The molecular formula is C34H43NO18. The first kappa shape index (κ1) is 39.9. The van der Waals surface area contributed by atoms with Gasteiger partial charge in [-0.05, 0) is 38.4 Å². The molecule has 10 atom stereocenters. The minimum absolute atomic E-state index is 0.00200. The number of ether oxygens (including phenoxy) is 4. The van der Waals surface area contributed by atoms with Crippen LogP contribution in [0.2, 0.25) is 0 Å². The second-order valence-corrected chi connectivity index (χ2v) is 12.9. The summed E-state index contributed by atoms with van der Waals surface area (Å²) in [6, 6.07) is 4.25. The molecule has 1 aromatic heterocycles. The van der Waals surface area contributed by atoms with Crippen molar-refractivity contribution >= 4 is 16.9 Å². The Labute approximate surface area is 300 Å². The van der Waals surface area contributed by atoms with E-state index in [-0.39, 0.29) is 29.7 Å². The maximum atomic E-state index is 14.0. The molecule has 292 valence electrons. The number of carbonyl (C=O) groups is 1. The van der Waals surface area contributed by atoms with Gasteiger partial charge in [0, 0.05) is 36.2 Å². The van der Waals surface area contributed by atoms with E-state index < -0.39 is 119 Å². The number of phenols is 4. The van der Waals surface area contributed by atoms with Gasteiger partial charge in [-0.25, -0.2) is 0 Å². The number of carboxylic acids is 1. The summed E-state index contributed by atoms with van der Waals surface area (Å²) < 4.78 is 28.4. The van der Waals surface area contributed by atoms with Crippen LogP contribution in [0.25, 0.3) is 22.3 Å². The zero-order valence-corrected chi connectivity index (χ0v) is 28.3. The van der Waals surface area contributed by atoms with E-state index in [0.717, 1.165) is 18.2 Å². The number of hydrogen-bond donors (Lipinski definition) is 12. The molecule has 0 saturated carbocycles. The van der Waals surface area contributed by atoms with Crippen LogP contribution in [0.1, 0.15) is 38.2 Å². The fourth-order valence-corrected chi connectivity index (χ4v) is 6.09. The summed E-state index contributed by atoms with van der Waals surface area (Å²) >= 11 is 0. The van der Waals surface area contributed by atoms with Gasteiger partial charge in [-0.3, -0.25) is 9.59 Å². The normalized spacial score (nSPS) is 29.0. The Morgan fingerprint density at radius 1 is 0.830 bits per heavy atom. The number of carboxylic acid groups (broad SMARTS) is 1. The lowest BCUT2D eigenvalue weighted by Gasteiger charge is -2.42. The van der Waals surface area contributed by atoms with E-state index in [0.29, 0.717) is 25.8 Å². The SMILES string of the molecule is C[C@@H]1O[C@@H](OC[C@H]2O[C@@H](Oc3c(-c4ccc(O)c(O)c4CNCCCCCC(=O)O)oc4cc(O)cc(O)c4c3=O)[C@H](O)[C@@H](O)[C@@H]2O)[C@H](O)[C@H](O)[C@H]1O. The van der Waals surface area contributed by atoms with Gasteiger partial charge in [-0.1, -0.05) is 6.42 Å². The second-order valence-electron chi connectivity index (χ2n) is 12.9. The first-order valence-electron chi connectivity index (χ1n) is 16.8. The van der Waals surface area contributed by atoms with Gasteiger partial charge in [-0.2, -0.15) is 0 Å². The lowest BCUT2D eigenvalue weighted by Crippen LogP contribution is -2.61. The summed E-state index contributed by atoms with van der Waals surface area (Å²) in [5.41, 5.74) is -1.45. The average molecular weight is 754 g/mol. The largest absolute Gasteiger partial charge is 0.508 e. The molecule has 0 unspecified atom stereocenters. The number of aromatic hydroxyl groups is 4. The molecule has 0 aliphatic carbocycles. The summed E-state index contributed by atoms with van der Waals surface area (Å²) in [4.78, 5) is 24.8. The van der Waals surface area contributed by atoms with Crippen LogP contribution in [0.4, 0.5) is 0 Å². The topological polar surface area (TPSA) is 319 Å². The highest BCUT2D eigenvalue weighted by atomic mass is 16.7. The average Bonchev–Trinajstić information content (AvgIpc) is 3.10. The molecule has 12 N–H and O–H groups in total. The van der Waals surface area contributed by atoms with Crippen molar-refractivity contribution in [2.45, 2.75) is 101 Å².